The summed E-state index contributed by atoms with van der Waals surface area (Å²) in [7, 11) is 0. The highest BCUT2D eigenvalue weighted by Crippen LogP contribution is 2.21. The second kappa shape index (κ2) is 6.06. The van der Waals surface area contributed by atoms with Crippen molar-refractivity contribution in [2.45, 2.75) is 39.2 Å². The first-order chi connectivity index (χ1) is 9.11. The fourth-order valence-electron chi connectivity index (χ4n) is 2.19. The van der Waals surface area contributed by atoms with Crippen LogP contribution in [0, 0.1) is 0 Å². The largest absolute Gasteiger partial charge is 0.481 e. The number of carbonyl (C=O) groups is 1. The number of hydrogen-bond donors (Lipinski definition) is 1. The average molecular weight is 281 g/mol. The quantitative estimate of drug-likeness (QED) is 0.824. The second-order valence-corrected chi connectivity index (χ2v) is 5.03. The van der Waals surface area contributed by atoms with Gasteiger partial charge in [0.2, 0.25) is 0 Å². The molecule has 0 radical (unpaired) electrons. The normalized spacial score (nSPS) is 11.1. The molecule has 0 amide bonds. The van der Waals surface area contributed by atoms with E-state index in [0.717, 1.165) is 36.8 Å². The Hall–Kier alpha value is -1.55. The third kappa shape index (κ3) is 3.26. The minimum absolute atomic E-state index is 0.0571. The predicted molar refractivity (Wildman–Crippen MR) is 75.6 cm³/mol. The number of unbranched alkanes of at least 4 members (excludes halogenated alkanes) is 2. The minimum atomic E-state index is -0.863. The lowest BCUT2D eigenvalue weighted by Crippen LogP contribution is -2.09. The second-order valence-electron chi connectivity index (χ2n) is 4.59. The van der Waals surface area contributed by atoms with Gasteiger partial charge < -0.3 is 9.67 Å². The van der Waals surface area contributed by atoms with Crippen LogP contribution in [0.15, 0.2) is 18.2 Å². The molecule has 0 spiro atoms. The number of rotatable bonds is 6. The fraction of sp³-hybridized carbons (Fsp3) is 0.429. The van der Waals surface area contributed by atoms with Crippen LogP contribution in [0.2, 0.25) is 5.02 Å². The molecule has 0 aliphatic rings. The molecule has 1 aromatic heterocycles. The van der Waals surface area contributed by atoms with Crippen LogP contribution in [0.3, 0.4) is 0 Å². The number of carboxylic acids is 1. The number of nitrogens with zero attached hydrogens (tertiary/aromatic N) is 2. The van der Waals surface area contributed by atoms with Crippen molar-refractivity contribution >= 4 is 28.6 Å². The van der Waals surface area contributed by atoms with Crippen molar-refractivity contribution in [2.24, 2.45) is 0 Å². The summed E-state index contributed by atoms with van der Waals surface area (Å²) in [5, 5.41) is 9.58. The maximum absolute atomic E-state index is 10.9. The van der Waals surface area contributed by atoms with Crippen LogP contribution in [0.5, 0.6) is 0 Å². The Morgan fingerprint density at radius 1 is 1.42 bits per heavy atom. The first-order valence-electron chi connectivity index (χ1n) is 6.48. The molecule has 1 heterocycles. The molecule has 4 nitrogen and oxygen atoms in total. The van der Waals surface area contributed by atoms with Gasteiger partial charge in [-0.2, -0.15) is 0 Å². The van der Waals surface area contributed by atoms with E-state index < -0.39 is 5.97 Å². The van der Waals surface area contributed by atoms with Crippen molar-refractivity contribution in [1.29, 1.82) is 0 Å². The van der Waals surface area contributed by atoms with E-state index in [1.807, 2.05) is 16.7 Å². The van der Waals surface area contributed by atoms with Gasteiger partial charge in [0.15, 0.2) is 0 Å². The van der Waals surface area contributed by atoms with Gasteiger partial charge in [-0.05, 0) is 24.6 Å². The maximum Gasteiger partial charge on any atom is 0.311 e. The van der Waals surface area contributed by atoms with E-state index in [1.54, 1.807) is 6.07 Å². The Morgan fingerprint density at radius 3 is 2.89 bits per heavy atom. The minimum Gasteiger partial charge on any atom is -0.481 e. The van der Waals surface area contributed by atoms with Crippen LogP contribution < -0.4 is 0 Å². The van der Waals surface area contributed by atoms with E-state index in [0.29, 0.717) is 10.8 Å². The molecule has 0 saturated heterocycles. The van der Waals surface area contributed by atoms with Crippen LogP contribution in [-0.4, -0.2) is 20.6 Å². The molecule has 1 N–H and O–H groups in total. The van der Waals surface area contributed by atoms with Crippen LogP contribution in [0.25, 0.3) is 11.0 Å². The molecule has 5 heteroatoms. The zero-order chi connectivity index (χ0) is 13.8. The Morgan fingerprint density at radius 2 is 2.21 bits per heavy atom. The molecule has 0 saturated carbocycles. The Labute approximate surface area is 117 Å². The van der Waals surface area contributed by atoms with Gasteiger partial charge in [-0.1, -0.05) is 31.4 Å². The van der Waals surface area contributed by atoms with Crippen molar-refractivity contribution in [3.05, 3.63) is 29.0 Å². The predicted octanol–water partition coefficient (Wildman–Crippen LogP) is 3.51. The zero-order valence-electron chi connectivity index (χ0n) is 10.9. The Balaban J connectivity index is 2.39. The molecular weight excluding hydrogens is 264 g/mol. The summed E-state index contributed by atoms with van der Waals surface area (Å²) in [5.74, 6) is -0.265. The lowest BCUT2D eigenvalue weighted by molar-refractivity contribution is -0.136. The highest BCUT2D eigenvalue weighted by Gasteiger charge is 2.13. The van der Waals surface area contributed by atoms with E-state index in [4.69, 9.17) is 16.7 Å². The van der Waals surface area contributed by atoms with Crippen molar-refractivity contribution in [3.63, 3.8) is 0 Å². The van der Waals surface area contributed by atoms with Crippen LogP contribution >= 0.6 is 11.6 Å². The molecular formula is C14H17ClN2O2. The van der Waals surface area contributed by atoms with E-state index in [2.05, 4.69) is 11.9 Å². The van der Waals surface area contributed by atoms with Gasteiger partial charge in [0.25, 0.3) is 0 Å². The molecule has 2 rings (SSSR count). The van der Waals surface area contributed by atoms with Crippen molar-refractivity contribution < 1.29 is 9.90 Å². The van der Waals surface area contributed by atoms with Crippen molar-refractivity contribution in [1.82, 2.24) is 9.55 Å². The van der Waals surface area contributed by atoms with Crippen LogP contribution in [-0.2, 0) is 17.8 Å². The van der Waals surface area contributed by atoms with E-state index in [-0.39, 0.29) is 6.42 Å². The molecule has 0 aliphatic carbocycles. The van der Waals surface area contributed by atoms with Gasteiger partial charge in [-0.15, -0.1) is 0 Å². The average Bonchev–Trinajstić information content (AvgIpc) is 2.66. The number of carboxylic acid groups (broad SMARTS) is 1. The first kappa shape index (κ1) is 13.9. The van der Waals surface area contributed by atoms with Gasteiger partial charge in [-0.25, -0.2) is 4.98 Å². The number of hydrogen-bond acceptors (Lipinski definition) is 2. The third-order valence-electron chi connectivity index (χ3n) is 3.08. The molecule has 0 atom stereocenters. The highest BCUT2D eigenvalue weighted by molar-refractivity contribution is 6.31. The van der Waals surface area contributed by atoms with Gasteiger partial charge in [0, 0.05) is 11.6 Å². The molecule has 0 bridgehead atoms. The molecule has 0 unspecified atom stereocenters. The Bertz CT molecular complexity index is 592. The maximum atomic E-state index is 10.9. The van der Waals surface area contributed by atoms with Gasteiger partial charge >= 0.3 is 5.97 Å². The van der Waals surface area contributed by atoms with Gasteiger partial charge in [-0.3, -0.25) is 4.79 Å². The summed E-state index contributed by atoms with van der Waals surface area (Å²) in [6, 6.07) is 5.49. The van der Waals surface area contributed by atoms with E-state index in [1.165, 1.54) is 0 Å². The smallest absolute Gasteiger partial charge is 0.311 e. The van der Waals surface area contributed by atoms with E-state index >= 15 is 0 Å². The first-order valence-corrected chi connectivity index (χ1v) is 6.86. The molecule has 1 aromatic carbocycles. The number of aromatic nitrogens is 2. The van der Waals surface area contributed by atoms with Gasteiger partial charge in [0.05, 0.1) is 11.0 Å². The van der Waals surface area contributed by atoms with Gasteiger partial charge in [0.1, 0.15) is 12.2 Å². The third-order valence-corrected chi connectivity index (χ3v) is 3.32. The lowest BCUT2D eigenvalue weighted by atomic mass is 10.2. The number of imidazole rings is 1. The van der Waals surface area contributed by atoms with E-state index in [9.17, 15) is 4.79 Å². The summed E-state index contributed by atoms with van der Waals surface area (Å²) in [4.78, 5) is 15.3. The molecule has 0 fully saturated rings. The highest BCUT2D eigenvalue weighted by atomic mass is 35.5. The molecule has 102 valence electrons. The topological polar surface area (TPSA) is 55.1 Å². The lowest BCUT2D eigenvalue weighted by Gasteiger charge is -2.07. The number of aliphatic carboxylic acids is 1. The summed E-state index contributed by atoms with van der Waals surface area (Å²) in [6.45, 7) is 2.94. The summed E-state index contributed by atoms with van der Waals surface area (Å²) in [5.41, 5.74) is 1.72. The molecule has 0 aliphatic heterocycles. The summed E-state index contributed by atoms with van der Waals surface area (Å²) >= 11 is 5.95. The number of fused-ring (bicyclic) bond motifs is 1. The molecule has 19 heavy (non-hydrogen) atoms. The van der Waals surface area contributed by atoms with Crippen LogP contribution in [0.1, 0.15) is 32.0 Å². The zero-order valence-corrected chi connectivity index (χ0v) is 11.7. The number of benzene rings is 1. The number of aryl methyl sites for hydroxylation is 1. The Kier molecular flexibility index (Phi) is 4.43. The standard InChI is InChI=1S/C14H17ClN2O2/c1-2-3-4-7-17-12-6-5-10(15)8-11(12)16-13(17)9-14(18)19/h5-6,8H,2-4,7,9H2,1H3,(H,18,19). The monoisotopic (exact) mass is 280 g/mol. The SMILES string of the molecule is CCCCCn1c(CC(=O)O)nc2cc(Cl)ccc21. The van der Waals surface area contributed by atoms with Crippen LogP contribution in [0.4, 0.5) is 0 Å². The van der Waals surface area contributed by atoms with Crippen molar-refractivity contribution in [3.8, 4) is 0 Å². The fourth-order valence-corrected chi connectivity index (χ4v) is 2.36. The number of halogens is 1. The molecule has 2 aromatic rings. The summed E-state index contributed by atoms with van der Waals surface area (Å²) in [6.07, 6.45) is 3.22. The summed E-state index contributed by atoms with van der Waals surface area (Å²) < 4.78 is 2.00. The van der Waals surface area contributed by atoms with Crippen molar-refractivity contribution in [2.75, 3.05) is 0 Å².